The van der Waals surface area contributed by atoms with E-state index < -0.39 is 0 Å². The molecule has 0 saturated carbocycles. The lowest BCUT2D eigenvalue weighted by Gasteiger charge is -2.13. The molecule has 4 rings (SSSR count). The van der Waals surface area contributed by atoms with E-state index in [0.717, 1.165) is 20.7 Å². The normalized spacial score (nSPS) is 13.3. The number of fused-ring (bicyclic) bond motifs is 2. The molecule has 0 aliphatic carbocycles. The minimum atomic E-state index is -0.352. The van der Waals surface area contributed by atoms with Crippen LogP contribution in [0.4, 0.5) is 0 Å². The van der Waals surface area contributed by atoms with Crippen molar-refractivity contribution in [2.75, 3.05) is 6.54 Å². The number of amides is 3. The molecule has 136 valence electrons. The Morgan fingerprint density at radius 1 is 1.04 bits per heavy atom. The maximum atomic E-state index is 12.3. The number of hydrogen-bond acceptors (Lipinski definition) is 4. The molecule has 1 N–H and O–H groups in total. The van der Waals surface area contributed by atoms with E-state index in [1.54, 1.807) is 24.3 Å². The number of carbonyl (C=O) groups is 3. The molecule has 1 aliphatic heterocycles. The summed E-state index contributed by atoms with van der Waals surface area (Å²) in [5, 5.41) is 2.77. The monoisotopic (exact) mass is 426 g/mol. The van der Waals surface area contributed by atoms with Gasteiger partial charge in [-0.1, -0.05) is 12.1 Å². The van der Waals surface area contributed by atoms with Gasteiger partial charge in [-0.2, -0.15) is 0 Å². The molecular formula is C19H15BrN4O3. The van der Waals surface area contributed by atoms with Gasteiger partial charge in [0.05, 0.1) is 23.4 Å². The molecule has 1 aromatic carbocycles. The summed E-state index contributed by atoms with van der Waals surface area (Å²) in [5.41, 5.74) is 2.29. The SMILES string of the molecule is O=C(CCN1C(=O)c2ccccc2C1=O)NCc1cn2cc(Br)ccc2n1. The van der Waals surface area contributed by atoms with Crippen molar-refractivity contribution in [3.63, 3.8) is 0 Å². The molecular weight excluding hydrogens is 412 g/mol. The molecule has 3 amide bonds. The zero-order valence-corrected chi connectivity index (χ0v) is 15.8. The van der Waals surface area contributed by atoms with Crippen molar-refractivity contribution >= 4 is 39.3 Å². The van der Waals surface area contributed by atoms with Crippen LogP contribution in [0.3, 0.4) is 0 Å². The molecule has 0 saturated heterocycles. The molecule has 0 radical (unpaired) electrons. The number of imide groups is 1. The van der Waals surface area contributed by atoms with Crippen LogP contribution < -0.4 is 5.32 Å². The summed E-state index contributed by atoms with van der Waals surface area (Å²) in [6.45, 7) is 0.330. The quantitative estimate of drug-likeness (QED) is 0.634. The summed E-state index contributed by atoms with van der Waals surface area (Å²) in [4.78, 5) is 42.2. The summed E-state index contributed by atoms with van der Waals surface area (Å²) in [7, 11) is 0. The highest BCUT2D eigenvalue weighted by Crippen LogP contribution is 2.22. The van der Waals surface area contributed by atoms with Crippen LogP contribution >= 0.6 is 15.9 Å². The Labute approximate surface area is 163 Å². The Balaban J connectivity index is 1.33. The number of pyridine rings is 1. The number of benzene rings is 1. The lowest BCUT2D eigenvalue weighted by molar-refractivity contribution is -0.121. The van der Waals surface area contributed by atoms with Gasteiger partial charge in [-0.05, 0) is 40.2 Å². The van der Waals surface area contributed by atoms with Gasteiger partial charge < -0.3 is 9.72 Å². The third kappa shape index (κ3) is 3.35. The van der Waals surface area contributed by atoms with Crippen LogP contribution in [0.25, 0.3) is 5.65 Å². The van der Waals surface area contributed by atoms with E-state index in [0.29, 0.717) is 11.1 Å². The van der Waals surface area contributed by atoms with E-state index in [-0.39, 0.29) is 37.2 Å². The van der Waals surface area contributed by atoms with E-state index in [1.807, 2.05) is 28.9 Å². The zero-order chi connectivity index (χ0) is 19.0. The van der Waals surface area contributed by atoms with E-state index in [1.165, 1.54) is 0 Å². The van der Waals surface area contributed by atoms with Crippen molar-refractivity contribution in [3.05, 3.63) is 70.1 Å². The Bertz CT molecular complexity index is 1040. The first-order valence-electron chi connectivity index (χ1n) is 8.38. The molecule has 0 spiro atoms. The summed E-state index contributed by atoms with van der Waals surface area (Å²) in [6, 6.07) is 10.4. The van der Waals surface area contributed by atoms with Gasteiger partial charge in [-0.15, -0.1) is 0 Å². The fourth-order valence-corrected chi connectivity index (χ4v) is 3.39. The summed E-state index contributed by atoms with van der Waals surface area (Å²) >= 11 is 3.40. The smallest absolute Gasteiger partial charge is 0.261 e. The van der Waals surface area contributed by atoms with Gasteiger partial charge in [-0.25, -0.2) is 4.98 Å². The van der Waals surface area contributed by atoms with Crippen molar-refractivity contribution in [2.45, 2.75) is 13.0 Å². The predicted molar refractivity (Wildman–Crippen MR) is 101 cm³/mol. The average Bonchev–Trinajstić information content (AvgIpc) is 3.17. The summed E-state index contributed by atoms with van der Waals surface area (Å²) in [5.74, 6) is -0.951. The molecule has 8 heteroatoms. The van der Waals surface area contributed by atoms with E-state index >= 15 is 0 Å². The predicted octanol–water partition coefficient (Wildman–Crippen LogP) is 2.40. The number of nitrogens with zero attached hydrogens (tertiary/aromatic N) is 3. The number of nitrogens with one attached hydrogen (secondary N) is 1. The van der Waals surface area contributed by atoms with Gasteiger partial charge in [0.15, 0.2) is 0 Å². The van der Waals surface area contributed by atoms with Crippen LogP contribution in [0.1, 0.15) is 32.8 Å². The maximum absolute atomic E-state index is 12.3. The van der Waals surface area contributed by atoms with E-state index in [9.17, 15) is 14.4 Å². The lowest BCUT2D eigenvalue weighted by Crippen LogP contribution is -2.34. The maximum Gasteiger partial charge on any atom is 0.261 e. The second-order valence-electron chi connectivity index (χ2n) is 6.18. The molecule has 3 aromatic rings. The molecule has 0 bridgehead atoms. The third-order valence-electron chi connectivity index (χ3n) is 4.37. The van der Waals surface area contributed by atoms with Crippen LogP contribution in [0, 0.1) is 0 Å². The van der Waals surface area contributed by atoms with Crippen molar-refractivity contribution in [1.29, 1.82) is 0 Å². The highest BCUT2D eigenvalue weighted by Gasteiger charge is 2.34. The van der Waals surface area contributed by atoms with Crippen molar-refractivity contribution in [2.24, 2.45) is 0 Å². The highest BCUT2D eigenvalue weighted by molar-refractivity contribution is 9.10. The largest absolute Gasteiger partial charge is 0.350 e. The third-order valence-corrected chi connectivity index (χ3v) is 4.84. The van der Waals surface area contributed by atoms with Crippen LogP contribution in [-0.4, -0.2) is 38.6 Å². The molecule has 3 heterocycles. The van der Waals surface area contributed by atoms with Crippen molar-refractivity contribution in [3.8, 4) is 0 Å². The van der Waals surface area contributed by atoms with E-state index in [2.05, 4.69) is 26.2 Å². The molecule has 27 heavy (non-hydrogen) atoms. The Kier molecular flexibility index (Phi) is 4.49. The summed E-state index contributed by atoms with van der Waals surface area (Å²) in [6.07, 6.45) is 3.77. The highest BCUT2D eigenvalue weighted by atomic mass is 79.9. The molecule has 0 fully saturated rings. The standard InChI is InChI=1S/C19H15BrN4O3/c20-12-5-6-16-22-13(11-23(16)10-12)9-21-17(25)7-8-24-18(26)14-3-1-2-4-15(14)19(24)27/h1-6,10-11H,7-9H2,(H,21,25). The van der Waals surface area contributed by atoms with Gasteiger partial charge in [0.2, 0.25) is 5.91 Å². The average molecular weight is 427 g/mol. The first-order valence-corrected chi connectivity index (χ1v) is 9.17. The zero-order valence-electron chi connectivity index (χ0n) is 14.2. The molecule has 2 aromatic heterocycles. The van der Waals surface area contributed by atoms with Crippen LogP contribution in [0.15, 0.2) is 53.3 Å². The van der Waals surface area contributed by atoms with Gasteiger partial charge in [0.1, 0.15) is 5.65 Å². The number of halogens is 1. The van der Waals surface area contributed by atoms with Crippen molar-refractivity contribution < 1.29 is 14.4 Å². The van der Waals surface area contributed by atoms with Gasteiger partial charge in [0.25, 0.3) is 11.8 Å². The molecule has 1 aliphatic rings. The number of rotatable bonds is 5. The number of hydrogen-bond donors (Lipinski definition) is 1. The lowest BCUT2D eigenvalue weighted by atomic mass is 10.1. The Morgan fingerprint density at radius 2 is 1.74 bits per heavy atom. The van der Waals surface area contributed by atoms with E-state index in [4.69, 9.17) is 0 Å². The van der Waals surface area contributed by atoms with Crippen LogP contribution in [0.5, 0.6) is 0 Å². The molecule has 7 nitrogen and oxygen atoms in total. The van der Waals surface area contributed by atoms with Crippen molar-refractivity contribution in [1.82, 2.24) is 19.6 Å². The number of imidazole rings is 1. The first kappa shape index (κ1) is 17.4. The van der Waals surface area contributed by atoms with Crippen LogP contribution in [0.2, 0.25) is 0 Å². The summed E-state index contributed by atoms with van der Waals surface area (Å²) < 4.78 is 2.80. The second-order valence-corrected chi connectivity index (χ2v) is 7.09. The number of carbonyl (C=O) groups excluding carboxylic acids is 3. The Hall–Kier alpha value is -3.00. The van der Waals surface area contributed by atoms with Gasteiger partial charge in [-0.3, -0.25) is 19.3 Å². The fraction of sp³-hybridized carbons (Fsp3) is 0.158. The molecule has 0 unspecified atom stereocenters. The minimum Gasteiger partial charge on any atom is -0.350 e. The van der Waals surface area contributed by atoms with Crippen LogP contribution in [-0.2, 0) is 11.3 Å². The number of aromatic nitrogens is 2. The van der Waals surface area contributed by atoms with Gasteiger partial charge in [0, 0.05) is 29.8 Å². The van der Waals surface area contributed by atoms with Gasteiger partial charge >= 0.3 is 0 Å². The minimum absolute atomic E-state index is 0.0460. The topological polar surface area (TPSA) is 83.8 Å². The first-order chi connectivity index (χ1) is 13.0. The molecule has 0 atom stereocenters. The fourth-order valence-electron chi connectivity index (χ4n) is 3.04. The Morgan fingerprint density at radius 3 is 2.44 bits per heavy atom. The second kappa shape index (κ2) is 6.96.